The number of hydrogen-bond acceptors (Lipinski definition) is 4. The quantitative estimate of drug-likeness (QED) is 0.850. The molecule has 1 heterocycles. The summed E-state index contributed by atoms with van der Waals surface area (Å²) < 4.78 is 5.98. The molecule has 1 unspecified atom stereocenters. The third-order valence-electron chi connectivity index (χ3n) is 4.60. The van der Waals surface area contributed by atoms with E-state index in [9.17, 15) is 0 Å². The van der Waals surface area contributed by atoms with Gasteiger partial charge in [0.1, 0.15) is 12.4 Å². The van der Waals surface area contributed by atoms with Gasteiger partial charge in [0.15, 0.2) is 0 Å². The lowest BCUT2D eigenvalue weighted by molar-refractivity contribution is 0.197. The highest BCUT2D eigenvalue weighted by molar-refractivity contribution is 5.41. The first-order valence-corrected chi connectivity index (χ1v) is 8.56. The van der Waals surface area contributed by atoms with Crippen molar-refractivity contribution in [3.8, 4) is 5.75 Å². The number of benzene rings is 2. The molecule has 1 aliphatic rings. The van der Waals surface area contributed by atoms with Crippen LogP contribution in [0, 0.1) is 0 Å². The van der Waals surface area contributed by atoms with Crippen LogP contribution in [0.5, 0.6) is 5.75 Å². The number of nitrogens with two attached hydrogens (primary N) is 1. The number of hydrogen-bond donors (Lipinski definition) is 1. The fraction of sp³-hybridized carbons (Fsp3) is 0.400. The Hall–Kier alpha value is -1.88. The first-order valence-electron chi connectivity index (χ1n) is 8.56. The van der Waals surface area contributed by atoms with Gasteiger partial charge in [-0.3, -0.25) is 4.90 Å². The van der Waals surface area contributed by atoms with Gasteiger partial charge in [-0.15, -0.1) is 0 Å². The van der Waals surface area contributed by atoms with Crippen LogP contribution in [-0.4, -0.2) is 43.5 Å². The Morgan fingerprint density at radius 2 is 1.96 bits per heavy atom. The molecular weight excluding hydrogens is 298 g/mol. The fourth-order valence-corrected chi connectivity index (χ4v) is 3.22. The minimum atomic E-state index is 0.292. The van der Waals surface area contributed by atoms with Crippen LogP contribution < -0.4 is 10.5 Å². The van der Waals surface area contributed by atoms with Crippen molar-refractivity contribution in [1.29, 1.82) is 0 Å². The van der Waals surface area contributed by atoms with E-state index in [1.54, 1.807) is 0 Å². The molecule has 0 saturated heterocycles. The molecule has 0 aliphatic carbocycles. The zero-order valence-electron chi connectivity index (χ0n) is 14.6. The second kappa shape index (κ2) is 7.79. The molecule has 0 radical (unpaired) electrons. The highest BCUT2D eigenvalue weighted by atomic mass is 16.5. The molecule has 2 N–H and O–H groups in total. The largest absolute Gasteiger partial charge is 0.489 e. The molecule has 0 saturated carbocycles. The Balaban J connectivity index is 1.68. The van der Waals surface area contributed by atoms with Gasteiger partial charge in [0.05, 0.1) is 0 Å². The maximum Gasteiger partial charge on any atom is 0.120 e. The lowest BCUT2D eigenvalue weighted by Crippen LogP contribution is -2.33. The normalized spacial score (nSPS) is 17.2. The van der Waals surface area contributed by atoms with E-state index in [0.29, 0.717) is 19.2 Å². The van der Waals surface area contributed by atoms with Gasteiger partial charge < -0.3 is 15.4 Å². The summed E-state index contributed by atoms with van der Waals surface area (Å²) in [4.78, 5) is 4.68. The van der Waals surface area contributed by atoms with E-state index in [1.807, 2.05) is 18.2 Å². The van der Waals surface area contributed by atoms with Gasteiger partial charge in [-0.1, -0.05) is 36.4 Å². The number of ether oxygens (including phenoxy) is 1. The molecule has 1 aliphatic heterocycles. The van der Waals surface area contributed by atoms with E-state index in [0.717, 1.165) is 25.4 Å². The Morgan fingerprint density at radius 1 is 1.17 bits per heavy atom. The van der Waals surface area contributed by atoms with Gasteiger partial charge in [0.25, 0.3) is 0 Å². The highest BCUT2D eigenvalue weighted by Crippen LogP contribution is 2.35. The SMILES string of the molecule is CN(C)CCN1Cc2ccc(OCc3ccccc3)cc2C1CN. The van der Waals surface area contributed by atoms with Crippen LogP contribution in [-0.2, 0) is 13.2 Å². The summed E-state index contributed by atoms with van der Waals surface area (Å²) in [5, 5.41) is 0. The summed E-state index contributed by atoms with van der Waals surface area (Å²) >= 11 is 0. The molecular formula is C20H27N3O. The predicted molar refractivity (Wildman–Crippen MR) is 98.0 cm³/mol. The molecule has 2 aromatic rings. The van der Waals surface area contributed by atoms with Crippen molar-refractivity contribution in [2.45, 2.75) is 19.2 Å². The van der Waals surface area contributed by atoms with Gasteiger partial charge in [0, 0.05) is 32.2 Å². The van der Waals surface area contributed by atoms with Crippen LogP contribution in [0.15, 0.2) is 48.5 Å². The Kier molecular flexibility index (Phi) is 5.51. The molecule has 0 bridgehead atoms. The van der Waals surface area contributed by atoms with Gasteiger partial charge in [0.2, 0.25) is 0 Å². The fourth-order valence-electron chi connectivity index (χ4n) is 3.22. The summed E-state index contributed by atoms with van der Waals surface area (Å²) in [6.45, 7) is 4.29. The average Bonchev–Trinajstić information content (AvgIpc) is 2.95. The minimum absolute atomic E-state index is 0.292. The lowest BCUT2D eigenvalue weighted by atomic mass is 10.0. The summed E-state index contributed by atoms with van der Waals surface area (Å²) in [5.74, 6) is 0.922. The van der Waals surface area contributed by atoms with Crippen LogP contribution >= 0.6 is 0 Å². The zero-order chi connectivity index (χ0) is 16.9. The van der Waals surface area contributed by atoms with Crippen molar-refractivity contribution in [3.05, 3.63) is 65.2 Å². The molecule has 0 fully saturated rings. The number of likely N-dealkylation sites (N-methyl/N-ethyl adjacent to an activating group) is 1. The van der Waals surface area contributed by atoms with Crippen molar-refractivity contribution >= 4 is 0 Å². The van der Waals surface area contributed by atoms with Gasteiger partial charge >= 0.3 is 0 Å². The van der Waals surface area contributed by atoms with Gasteiger partial charge in [-0.2, -0.15) is 0 Å². The maximum absolute atomic E-state index is 6.06. The molecule has 3 rings (SSSR count). The first-order chi connectivity index (χ1) is 11.7. The smallest absolute Gasteiger partial charge is 0.120 e. The van der Waals surface area contributed by atoms with E-state index in [1.165, 1.54) is 16.7 Å². The second-order valence-electron chi connectivity index (χ2n) is 6.66. The molecule has 4 heteroatoms. The molecule has 0 amide bonds. The lowest BCUT2D eigenvalue weighted by Gasteiger charge is -2.25. The molecule has 4 nitrogen and oxygen atoms in total. The Labute approximate surface area is 144 Å². The summed E-state index contributed by atoms with van der Waals surface area (Å²) in [6, 6.07) is 17.0. The van der Waals surface area contributed by atoms with E-state index < -0.39 is 0 Å². The number of fused-ring (bicyclic) bond motifs is 1. The van der Waals surface area contributed by atoms with E-state index in [-0.39, 0.29) is 0 Å². The van der Waals surface area contributed by atoms with Crippen molar-refractivity contribution in [2.75, 3.05) is 33.7 Å². The van der Waals surface area contributed by atoms with E-state index in [4.69, 9.17) is 10.5 Å². The van der Waals surface area contributed by atoms with E-state index >= 15 is 0 Å². The van der Waals surface area contributed by atoms with Crippen molar-refractivity contribution in [3.63, 3.8) is 0 Å². The van der Waals surface area contributed by atoms with Crippen molar-refractivity contribution in [1.82, 2.24) is 9.80 Å². The predicted octanol–water partition coefficient (Wildman–Crippen LogP) is 2.64. The Bertz CT molecular complexity index is 657. The van der Waals surface area contributed by atoms with Gasteiger partial charge in [-0.05, 0) is 42.9 Å². The molecule has 24 heavy (non-hydrogen) atoms. The Morgan fingerprint density at radius 3 is 2.67 bits per heavy atom. The van der Waals surface area contributed by atoms with Crippen molar-refractivity contribution < 1.29 is 4.74 Å². The monoisotopic (exact) mass is 325 g/mol. The van der Waals surface area contributed by atoms with Gasteiger partial charge in [-0.25, -0.2) is 0 Å². The molecule has 0 spiro atoms. The average molecular weight is 325 g/mol. The molecule has 128 valence electrons. The highest BCUT2D eigenvalue weighted by Gasteiger charge is 2.29. The topological polar surface area (TPSA) is 41.7 Å². The first kappa shape index (κ1) is 17.0. The summed E-state index contributed by atoms with van der Waals surface area (Å²) in [7, 11) is 4.21. The van der Waals surface area contributed by atoms with Crippen molar-refractivity contribution in [2.24, 2.45) is 5.73 Å². The summed E-state index contributed by atoms with van der Waals surface area (Å²) in [6.07, 6.45) is 0. The standard InChI is InChI=1S/C20H27N3O/c1-22(2)10-11-23-14-17-8-9-18(12-19(17)20(23)13-21)24-15-16-6-4-3-5-7-16/h3-9,12,20H,10-11,13-15,21H2,1-2H3. The minimum Gasteiger partial charge on any atom is -0.489 e. The molecule has 0 aromatic heterocycles. The number of rotatable bonds is 7. The maximum atomic E-state index is 6.06. The van der Waals surface area contributed by atoms with Crippen LogP contribution in [0.1, 0.15) is 22.7 Å². The third kappa shape index (κ3) is 3.96. The molecule has 1 atom stereocenters. The second-order valence-corrected chi connectivity index (χ2v) is 6.66. The third-order valence-corrected chi connectivity index (χ3v) is 4.60. The number of nitrogens with zero attached hydrogens (tertiary/aromatic N) is 2. The summed E-state index contributed by atoms with van der Waals surface area (Å²) in [5.41, 5.74) is 9.94. The van der Waals surface area contributed by atoms with Crippen LogP contribution in [0.3, 0.4) is 0 Å². The van der Waals surface area contributed by atoms with E-state index in [2.05, 4.69) is 54.2 Å². The van der Waals surface area contributed by atoms with Crippen LogP contribution in [0.4, 0.5) is 0 Å². The van der Waals surface area contributed by atoms with Crippen LogP contribution in [0.25, 0.3) is 0 Å². The van der Waals surface area contributed by atoms with Crippen LogP contribution in [0.2, 0.25) is 0 Å². The molecule has 2 aromatic carbocycles. The zero-order valence-corrected chi connectivity index (χ0v) is 14.6.